The van der Waals surface area contributed by atoms with Crippen molar-refractivity contribution in [3.63, 3.8) is 0 Å². The Kier molecular flexibility index (Phi) is 8.31. The van der Waals surface area contributed by atoms with E-state index in [4.69, 9.17) is 49.2 Å². The molecule has 0 aliphatic rings. The highest BCUT2D eigenvalue weighted by Gasteiger charge is 2.24. The Labute approximate surface area is 234 Å². The number of anilines is 1. The number of amides is 1. The van der Waals surface area contributed by atoms with Crippen molar-refractivity contribution in [2.75, 3.05) is 11.9 Å². The molecule has 0 spiro atoms. The van der Waals surface area contributed by atoms with Crippen LogP contribution in [0, 0.1) is 0 Å². The Morgan fingerprint density at radius 3 is 2.18 bits per heavy atom. The highest BCUT2D eigenvalue weighted by Crippen LogP contribution is 2.39. The number of carbonyl (C=O) groups excluding carboxylic acids is 1. The molecule has 4 rings (SSSR count). The van der Waals surface area contributed by atoms with Gasteiger partial charge < -0.3 is 19.3 Å². The van der Waals surface area contributed by atoms with E-state index >= 15 is 0 Å². The van der Waals surface area contributed by atoms with E-state index < -0.39 is 5.97 Å². The number of aromatic nitrogens is 1. The van der Waals surface area contributed by atoms with Crippen molar-refractivity contribution in [1.29, 1.82) is 0 Å². The lowest BCUT2D eigenvalue weighted by Crippen LogP contribution is -2.26. The van der Waals surface area contributed by atoms with Crippen molar-refractivity contribution in [3.8, 4) is 17.0 Å². The molecule has 4 aromatic rings. The molecule has 7 nitrogen and oxygen atoms in total. The molecule has 0 saturated carbocycles. The van der Waals surface area contributed by atoms with Gasteiger partial charge in [0.05, 0.1) is 31.9 Å². The number of carbonyl (C=O) groups is 2. The molecule has 0 fully saturated rings. The first-order valence-corrected chi connectivity index (χ1v) is 12.7. The third-order valence-corrected chi connectivity index (χ3v) is 6.82. The Morgan fingerprint density at radius 1 is 0.974 bits per heavy atom. The zero-order valence-corrected chi connectivity index (χ0v) is 22.9. The van der Waals surface area contributed by atoms with E-state index in [0.29, 0.717) is 54.6 Å². The molecule has 38 heavy (non-hydrogen) atoms. The lowest BCUT2D eigenvalue weighted by atomic mass is 10.0. The molecule has 0 unspecified atom stereocenters. The third kappa shape index (κ3) is 5.65. The number of hydrogen-bond acceptors (Lipinski definition) is 5. The van der Waals surface area contributed by atoms with Gasteiger partial charge in [-0.2, -0.15) is 0 Å². The number of halogens is 3. The third-order valence-electron chi connectivity index (χ3n) is 5.89. The Bertz CT molecular complexity index is 1480. The first kappa shape index (κ1) is 27.5. The number of hydrogen-bond donors (Lipinski definition) is 1. The Balaban J connectivity index is 1.55. The van der Waals surface area contributed by atoms with Crippen LogP contribution in [0.15, 0.2) is 65.2 Å². The van der Waals surface area contributed by atoms with Gasteiger partial charge in [0.2, 0.25) is 0 Å². The van der Waals surface area contributed by atoms with Crippen molar-refractivity contribution in [2.24, 2.45) is 0 Å². The summed E-state index contributed by atoms with van der Waals surface area (Å²) in [5, 5.41) is 14.5. The second kappa shape index (κ2) is 11.5. The maximum absolute atomic E-state index is 12.9. The van der Waals surface area contributed by atoms with Crippen molar-refractivity contribution in [3.05, 3.63) is 98.2 Å². The van der Waals surface area contributed by atoms with Crippen LogP contribution in [0.5, 0.6) is 5.75 Å². The Morgan fingerprint density at radius 2 is 1.61 bits per heavy atom. The van der Waals surface area contributed by atoms with E-state index in [1.807, 2.05) is 13.8 Å². The fourth-order valence-corrected chi connectivity index (χ4v) is 4.77. The molecule has 1 amide bonds. The van der Waals surface area contributed by atoms with Crippen LogP contribution in [0.25, 0.3) is 11.3 Å². The minimum absolute atomic E-state index is 0.0336. The number of nitrogens with zero attached hydrogens (tertiary/aromatic N) is 2. The molecule has 1 heterocycles. The van der Waals surface area contributed by atoms with Gasteiger partial charge in [-0.1, -0.05) is 59.9 Å². The SMILES string of the molecule is CC(C)c1onc(-c2c(Cl)cccc2Cl)c1COc1ccc(N(C)C(=O)c2ccc(C(=O)O)cc2)c(Cl)c1. The molecule has 0 aliphatic heterocycles. The van der Waals surface area contributed by atoms with Crippen molar-refractivity contribution in [1.82, 2.24) is 5.16 Å². The molecule has 0 radical (unpaired) electrons. The van der Waals surface area contributed by atoms with Gasteiger partial charge in [-0.3, -0.25) is 4.79 Å². The highest BCUT2D eigenvalue weighted by atomic mass is 35.5. The summed E-state index contributed by atoms with van der Waals surface area (Å²) in [4.78, 5) is 25.4. The van der Waals surface area contributed by atoms with Gasteiger partial charge in [0, 0.05) is 30.2 Å². The maximum Gasteiger partial charge on any atom is 0.335 e. The van der Waals surface area contributed by atoms with Crippen LogP contribution >= 0.6 is 34.8 Å². The van der Waals surface area contributed by atoms with Crippen molar-refractivity contribution < 1.29 is 24.0 Å². The van der Waals surface area contributed by atoms with Crippen LogP contribution < -0.4 is 9.64 Å². The number of carboxylic acid groups (broad SMARTS) is 1. The second-order valence-electron chi connectivity index (χ2n) is 8.77. The van der Waals surface area contributed by atoms with Gasteiger partial charge in [-0.15, -0.1) is 0 Å². The lowest BCUT2D eigenvalue weighted by molar-refractivity contribution is 0.0696. The molecule has 0 atom stereocenters. The number of benzene rings is 3. The summed E-state index contributed by atoms with van der Waals surface area (Å²) in [5.41, 5.74) is 2.67. The molecule has 0 bridgehead atoms. The van der Waals surface area contributed by atoms with Crippen molar-refractivity contribution in [2.45, 2.75) is 26.4 Å². The summed E-state index contributed by atoms with van der Waals surface area (Å²) >= 11 is 19.4. The predicted octanol–water partition coefficient (Wildman–Crippen LogP) is 7.98. The molecule has 1 N–H and O–H groups in total. The summed E-state index contributed by atoms with van der Waals surface area (Å²) in [6.45, 7) is 4.08. The molecular weight excluding hydrogens is 551 g/mol. The Hall–Kier alpha value is -3.52. The number of aromatic carboxylic acids is 1. The minimum atomic E-state index is -1.07. The van der Waals surface area contributed by atoms with Gasteiger partial charge in [0.25, 0.3) is 5.91 Å². The van der Waals surface area contributed by atoms with Gasteiger partial charge in [0.1, 0.15) is 23.8 Å². The van der Waals surface area contributed by atoms with Crippen LogP contribution in [-0.4, -0.2) is 29.2 Å². The lowest BCUT2D eigenvalue weighted by Gasteiger charge is -2.19. The van der Waals surface area contributed by atoms with E-state index in [9.17, 15) is 9.59 Å². The second-order valence-corrected chi connectivity index (χ2v) is 10.00. The summed E-state index contributed by atoms with van der Waals surface area (Å²) in [5.74, 6) is -0.253. The molecule has 0 saturated heterocycles. The molecule has 3 aromatic carbocycles. The van der Waals surface area contributed by atoms with Crippen molar-refractivity contribution >= 4 is 52.4 Å². The normalized spacial score (nSPS) is 11.0. The highest BCUT2D eigenvalue weighted by molar-refractivity contribution is 6.39. The fourth-order valence-electron chi connectivity index (χ4n) is 3.90. The van der Waals surface area contributed by atoms with Gasteiger partial charge in [-0.05, 0) is 48.5 Å². The number of rotatable bonds is 8. The fraction of sp³-hybridized carbons (Fsp3) is 0.179. The van der Waals surface area contributed by atoms with Crippen LogP contribution in [0.4, 0.5) is 5.69 Å². The van der Waals surface area contributed by atoms with Gasteiger partial charge in [0.15, 0.2) is 0 Å². The van der Waals surface area contributed by atoms with E-state index in [-0.39, 0.29) is 24.0 Å². The molecule has 0 aliphatic carbocycles. The van der Waals surface area contributed by atoms with Crippen LogP contribution in [0.1, 0.15) is 51.8 Å². The van der Waals surface area contributed by atoms with Crippen LogP contribution in [-0.2, 0) is 6.61 Å². The monoisotopic (exact) mass is 572 g/mol. The van der Waals surface area contributed by atoms with E-state index in [0.717, 1.165) is 0 Å². The average Bonchev–Trinajstić information content (AvgIpc) is 3.30. The molecule has 1 aromatic heterocycles. The molecule has 196 valence electrons. The predicted molar refractivity (Wildman–Crippen MR) is 148 cm³/mol. The summed E-state index contributed by atoms with van der Waals surface area (Å²) in [6.07, 6.45) is 0. The summed E-state index contributed by atoms with van der Waals surface area (Å²) < 4.78 is 11.7. The number of ether oxygens (including phenoxy) is 1. The zero-order valence-electron chi connectivity index (χ0n) is 20.7. The average molecular weight is 574 g/mol. The quantitative estimate of drug-likeness (QED) is 0.230. The van der Waals surface area contributed by atoms with Crippen LogP contribution in [0.2, 0.25) is 15.1 Å². The van der Waals surface area contributed by atoms with E-state index in [1.165, 1.54) is 29.2 Å². The largest absolute Gasteiger partial charge is 0.489 e. The van der Waals surface area contributed by atoms with Gasteiger partial charge >= 0.3 is 5.97 Å². The van der Waals surface area contributed by atoms with Crippen LogP contribution in [0.3, 0.4) is 0 Å². The standard InChI is InChI=1S/C28H23Cl3N2O5/c1-15(2)26-19(25(32-38-26)24-20(29)5-4-6-21(24)30)14-37-18-11-12-23(22(31)13-18)33(3)27(34)16-7-9-17(10-8-16)28(35)36/h4-13,15H,14H2,1-3H3,(H,35,36). The summed E-state index contributed by atoms with van der Waals surface area (Å²) in [6, 6.07) is 15.9. The number of carboxylic acids is 1. The van der Waals surface area contributed by atoms with E-state index in [1.54, 1.807) is 43.4 Å². The summed E-state index contributed by atoms with van der Waals surface area (Å²) in [7, 11) is 1.58. The maximum atomic E-state index is 12.9. The smallest absolute Gasteiger partial charge is 0.335 e. The molecule has 10 heteroatoms. The first-order chi connectivity index (χ1) is 18.1. The van der Waals surface area contributed by atoms with Gasteiger partial charge in [-0.25, -0.2) is 4.79 Å². The first-order valence-electron chi connectivity index (χ1n) is 11.5. The zero-order chi connectivity index (χ0) is 27.6. The topological polar surface area (TPSA) is 92.9 Å². The van der Waals surface area contributed by atoms with E-state index in [2.05, 4.69) is 5.16 Å². The molecular formula is C28H23Cl3N2O5. The minimum Gasteiger partial charge on any atom is -0.489 e.